The fraction of sp³-hybridized carbons (Fsp3) is 0.333. The molecule has 0 saturated heterocycles. The minimum atomic E-state index is 0. The van der Waals surface area contributed by atoms with Gasteiger partial charge >= 0.3 is 19.5 Å². The molecule has 0 N–H and O–H groups in total. The molecule has 0 aliphatic heterocycles. The summed E-state index contributed by atoms with van der Waals surface area (Å²) in [5.74, 6) is 0. The van der Waals surface area contributed by atoms with E-state index in [9.17, 15) is 0 Å². The van der Waals surface area contributed by atoms with Gasteiger partial charge in [-0.15, -0.1) is 0 Å². The van der Waals surface area contributed by atoms with E-state index in [1.54, 1.807) is 0 Å². The van der Waals surface area contributed by atoms with E-state index in [-0.39, 0.29) is 19.5 Å². The number of hydrogen-bond acceptors (Lipinski definition) is 1. The summed E-state index contributed by atoms with van der Waals surface area (Å²) in [4.78, 5) is 0. The molecule has 2 heteroatoms. The van der Waals surface area contributed by atoms with Crippen LogP contribution in [0.25, 0.3) is 0 Å². The topological polar surface area (TPSA) is 23.8 Å². The van der Waals surface area contributed by atoms with Crippen molar-refractivity contribution in [3.05, 3.63) is 6.92 Å². The van der Waals surface area contributed by atoms with E-state index in [4.69, 9.17) is 5.26 Å². The molecule has 1 nitrogen and oxygen atoms in total. The van der Waals surface area contributed by atoms with Crippen LogP contribution in [-0.4, -0.2) is 0 Å². The van der Waals surface area contributed by atoms with Crippen LogP contribution in [0, 0.1) is 18.3 Å². The van der Waals surface area contributed by atoms with E-state index in [1.807, 2.05) is 6.07 Å². The Morgan fingerprint density at radius 1 is 1.80 bits per heavy atom. The minimum absolute atomic E-state index is 0. The predicted octanol–water partition coefficient (Wildman–Crippen LogP) is 0.732. The van der Waals surface area contributed by atoms with Crippen LogP contribution in [0.4, 0.5) is 0 Å². The molecule has 5 heavy (non-hydrogen) atoms. The van der Waals surface area contributed by atoms with Crippen LogP contribution in [0.15, 0.2) is 0 Å². The van der Waals surface area contributed by atoms with Crippen molar-refractivity contribution >= 4 is 0 Å². The normalized spacial score (nSPS) is 4.00. The van der Waals surface area contributed by atoms with Crippen molar-refractivity contribution in [1.82, 2.24) is 0 Å². The van der Waals surface area contributed by atoms with E-state index in [1.165, 1.54) is 0 Å². The van der Waals surface area contributed by atoms with Gasteiger partial charge in [-0.3, -0.25) is 0 Å². The van der Waals surface area contributed by atoms with Gasteiger partial charge in [-0.05, 0) is 0 Å². The first-order chi connectivity index (χ1) is 1.91. The molecule has 0 aliphatic rings. The van der Waals surface area contributed by atoms with Crippen LogP contribution < -0.4 is 0 Å². The maximum Gasteiger partial charge on any atom is 2.00 e. The van der Waals surface area contributed by atoms with Gasteiger partial charge in [0.15, 0.2) is 0 Å². The Bertz CT molecular complexity index is 36.6. The summed E-state index contributed by atoms with van der Waals surface area (Å²) in [7, 11) is 0. The summed E-state index contributed by atoms with van der Waals surface area (Å²) >= 11 is 0. The maximum absolute atomic E-state index is 7.56. The Labute approximate surface area is 44.7 Å². The second kappa shape index (κ2) is 8.93. The molecule has 22 valence electrons. The molecule has 0 bridgehead atoms. The first-order valence-electron chi connectivity index (χ1n) is 1.08. The van der Waals surface area contributed by atoms with E-state index in [0.717, 1.165) is 0 Å². The van der Waals surface area contributed by atoms with Gasteiger partial charge in [0.25, 0.3) is 0 Å². The smallest absolute Gasteiger partial charge is 0.330 e. The van der Waals surface area contributed by atoms with Crippen molar-refractivity contribution in [1.29, 1.82) is 5.26 Å². The molecule has 0 amide bonds. The fourth-order valence-corrected chi connectivity index (χ4v) is 0. The zero-order valence-corrected chi connectivity index (χ0v) is 6.04. The predicted molar refractivity (Wildman–Crippen MR) is 15.6 cm³/mol. The van der Waals surface area contributed by atoms with Crippen molar-refractivity contribution < 1.29 is 19.5 Å². The minimum Gasteiger partial charge on any atom is -0.330 e. The van der Waals surface area contributed by atoms with Crippen LogP contribution in [0.2, 0.25) is 0 Å². The SMILES string of the molecule is [CH2-]CC#N.[Zn+2]. The molecule has 0 heterocycles. The third-order valence-corrected chi connectivity index (χ3v) is 0.112. The molecular weight excluding hydrogens is 115 g/mol. The third-order valence-electron chi connectivity index (χ3n) is 0.112. The van der Waals surface area contributed by atoms with Gasteiger partial charge in [0.2, 0.25) is 0 Å². The molecule has 0 aromatic heterocycles. The first-order valence-corrected chi connectivity index (χ1v) is 1.08. The average Bonchev–Trinajstić information content (AvgIpc) is 1.37. The summed E-state index contributed by atoms with van der Waals surface area (Å²) in [6, 6.07) is 1.82. The molecule has 0 aromatic carbocycles. The van der Waals surface area contributed by atoms with E-state index in [0.29, 0.717) is 6.42 Å². The quantitative estimate of drug-likeness (QED) is 0.341. The zero-order valence-electron chi connectivity index (χ0n) is 3.07. The molecule has 0 spiro atoms. The molecule has 0 fully saturated rings. The van der Waals surface area contributed by atoms with Gasteiger partial charge in [-0.2, -0.15) is 0 Å². The fourth-order valence-electron chi connectivity index (χ4n) is 0. The van der Waals surface area contributed by atoms with Crippen molar-refractivity contribution in [2.24, 2.45) is 0 Å². The summed E-state index contributed by atoms with van der Waals surface area (Å²) in [6.45, 7) is 3.24. The Morgan fingerprint density at radius 3 is 2.00 bits per heavy atom. The standard InChI is InChI=1S/C3H4N.Zn/c1-2-3-4;/h1-2H2;/q-1;+2. The van der Waals surface area contributed by atoms with E-state index >= 15 is 0 Å². The van der Waals surface area contributed by atoms with Crippen LogP contribution in [0.5, 0.6) is 0 Å². The number of nitriles is 1. The summed E-state index contributed by atoms with van der Waals surface area (Å²) in [5.41, 5.74) is 0. The number of hydrogen-bond donors (Lipinski definition) is 0. The molecular formula is C3H4NZn+. The maximum atomic E-state index is 7.56. The van der Waals surface area contributed by atoms with Gasteiger partial charge < -0.3 is 6.92 Å². The number of rotatable bonds is 0. The van der Waals surface area contributed by atoms with E-state index in [2.05, 4.69) is 6.92 Å². The molecule has 0 saturated carbocycles. The third kappa shape index (κ3) is 14.8. The first kappa shape index (κ1) is 8.93. The van der Waals surface area contributed by atoms with Crippen molar-refractivity contribution in [2.75, 3.05) is 0 Å². The molecule has 0 rings (SSSR count). The van der Waals surface area contributed by atoms with Crippen LogP contribution >= 0.6 is 0 Å². The van der Waals surface area contributed by atoms with Crippen molar-refractivity contribution in [3.63, 3.8) is 0 Å². The van der Waals surface area contributed by atoms with E-state index < -0.39 is 0 Å². The molecule has 0 aromatic rings. The molecule has 0 atom stereocenters. The van der Waals surface area contributed by atoms with Crippen molar-refractivity contribution in [2.45, 2.75) is 6.42 Å². The van der Waals surface area contributed by atoms with Crippen molar-refractivity contribution in [3.8, 4) is 6.07 Å². The second-order valence-electron chi connectivity index (χ2n) is 0.408. The second-order valence-corrected chi connectivity index (χ2v) is 0.408. The van der Waals surface area contributed by atoms with Gasteiger partial charge in [-0.25, -0.2) is 5.26 Å². The van der Waals surface area contributed by atoms with Gasteiger partial charge in [0.05, 0.1) is 0 Å². The monoisotopic (exact) mass is 118 g/mol. The molecule has 0 aliphatic carbocycles. The largest absolute Gasteiger partial charge is 2.00 e. The van der Waals surface area contributed by atoms with Crippen LogP contribution in [0.3, 0.4) is 0 Å². The summed E-state index contributed by atoms with van der Waals surface area (Å²) in [5, 5.41) is 7.56. The Balaban J connectivity index is 0. The van der Waals surface area contributed by atoms with Crippen LogP contribution in [-0.2, 0) is 19.5 Å². The summed E-state index contributed by atoms with van der Waals surface area (Å²) in [6.07, 6.45) is 0.375. The average molecular weight is 119 g/mol. The Hall–Kier alpha value is 0.113. The Kier molecular flexibility index (Phi) is 15.9. The zero-order chi connectivity index (χ0) is 3.41. The molecule has 0 radical (unpaired) electrons. The van der Waals surface area contributed by atoms with Crippen LogP contribution in [0.1, 0.15) is 6.42 Å². The number of nitrogens with zero attached hydrogens (tertiary/aromatic N) is 1. The van der Waals surface area contributed by atoms with Gasteiger partial charge in [0, 0.05) is 6.07 Å². The summed E-state index contributed by atoms with van der Waals surface area (Å²) < 4.78 is 0. The molecule has 0 unspecified atom stereocenters. The Morgan fingerprint density at radius 2 is 2.00 bits per heavy atom. The van der Waals surface area contributed by atoms with Gasteiger partial charge in [-0.1, -0.05) is 6.42 Å². The van der Waals surface area contributed by atoms with Gasteiger partial charge in [0.1, 0.15) is 0 Å².